The monoisotopic (exact) mass is 343 g/mol. The average Bonchev–Trinajstić information content (AvgIpc) is 2.36. The molecule has 3 N–H and O–H groups in total. The molecule has 0 unspecified atom stereocenters. The van der Waals surface area contributed by atoms with Crippen LogP contribution < -0.4 is 16.0 Å². The van der Waals surface area contributed by atoms with Gasteiger partial charge < -0.3 is 15.6 Å². The lowest BCUT2D eigenvalue weighted by molar-refractivity contribution is 0.0758. The topological polar surface area (TPSA) is 90.4 Å². The lowest BCUT2D eigenvalue weighted by Gasteiger charge is -2.18. The summed E-state index contributed by atoms with van der Waals surface area (Å²) in [5.74, 6) is 0.248. The molecule has 0 atom stereocenters. The van der Waals surface area contributed by atoms with Crippen molar-refractivity contribution in [3.63, 3.8) is 0 Å². The second kappa shape index (κ2) is 5.79. The standard InChI is InChI=1S/C14H15Cl2N3O3/c1-14(2,21)8-6-11(18-19(3)13(8)20)22-12-9(15)4-7(17)5-10(12)16/h4-6,21H,17H2,1-3H3. The number of aliphatic hydroxyl groups is 1. The van der Waals surface area contributed by atoms with Crippen LogP contribution in [-0.4, -0.2) is 14.9 Å². The Hall–Kier alpha value is -1.76. The van der Waals surface area contributed by atoms with Crippen LogP contribution in [0, 0.1) is 0 Å². The predicted octanol–water partition coefficient (Wildman–Crippen LogP) is 2.69. The van der Waals surface area contributed by atoms with E-state index >= 15 is 0 Å². The Bertz CT molecular complexity index is 759. The van der Waals surface area contributed by atoms with Crippen molar-refractivity contribution in [3.05, 3.63) is 44.2 Å². The summed E-state index contributed by atoms with van der Waals surface area (Å²) in [6, 6.07) is 4.33. The van der Waals surface area contributed by atoms with E-state index in [1.54, 1.807) is 0 Å². The van der Waals surface area contributed by atoms with Crippen molar-refractivity contribution in [1.29, 1.82) is 0 Å². The third kappa shape index (κ3) is 3.35. The maximum absolute atomic E-state index is 12.0. The van der Waals surface area contributed by atoms with E-state index in [2.05, 4.69) is 5.10 Å². The van der Waals surface area contributed by atoms with Crippen molar-refractivity contribution < 1.29 is 9.84 Å². The van der Waals surface area contributed by atoms with Crippen LogP contribution in [0.2, 0.25) is 10.0 Å². The van der Waals surface area contributed by atoms with E-state index < -0.39 is 11.2 Å². The molecule has 8 heteroatoms. The number of halogens is 2. The molecule has 0 aliphatic carbocycles. The highest BCUT2D eigenvalue weighted by atomic mass is 35.5. The van der Waals surface area contributed by atoms with Gasteiger partial charge in [-0.1, -0.05) is 23.2 Å². The molecule has 0 saturated carbocycles. The molecular weight excluding hydrogens is 329 g/mol. The van der Waals surface area contributed by atoms with Crippen molar-refractivity contribution in [3.8, 4) is 11.6 Å². The lowest BCUT2D eigenvalue weighted by atomic mass is 10.0. The zero-order valence-electron chi connectivity index (χ0n) is 12.2. The van der Waals surface area contributed by atoms with Gasteiger partial charge in [0, 0.05) is 18.8 Å². The third-order valence-corrected chi connectivity index (χ3v) is 3.49. The van der Waals surface area contributed by atoms with Crippen molar-refractivity contribution >= 4 is 28.9 Å². The smallest absolute Gasteiger partial charge is 0.272 e. The van der Waals surface area contributed by atoms with Crippen LogP contribution in [0.1, 0.15) is 19.4 Å². The minimum Gasteiger partial charge on any atom is -0.434 e. The summed E-state index contributed by atoms with van der Waals surface area (Å²) in [5, 5.41) is 14.5. The van der Waals surface area contributed by atoms with Crippen molar-refractivity contribution in [2.75, 3.05) is 5.73 Å². The van der Waals surface area contributed by atoms with Crippen LogP contribution in [0.4, 0.5) is 5.69 Å². The fourth-order valence-corrected chi connectivity index (χ4v) is 2.43. The number of aryl methyl sites for hydroxylation is 1. The molecule has 0 spiro atoms. The second-order valence-corrected chi connectivity index (χ2v) is 6.11. The Balaban J connectivity index is 2.52. The minimum absolute atomic E-state index is 0.0767. The SMILES string of the molecule is Cn1nc(Oc2c(Cl)cc(N)cc2Cl)cc(C(C)(C)O)c1=O. The summed E-state index contributed by atoms with van der Waals surface area (Å²) in [7, 11) is 1.45. The molecule has 2 rings (SSSR count). The quantitative estimate of drug-likeness (QED) is 0.836. The predicted molar refractivity (Wildman–Crippen MR) is 85.7 cm³/mol. The Kier molecular flexibility index (Phi) is 4.37. The van der Waals surface area contributed by atoms with Gasteiger partial charge in [-0.05, 0) is 26.0 Å². The summed E-state index contributed by atoms with van der Waals surface area (Å²) < 4.78 is 6.64. The van der Waals surface area contributed by atoms with E-state index in [0.29, 0.717) is 5.69 Å². The molecule has 0 bridgehead atoms. The molecule has 0 aliphatic heterocycles. The lowest BCUT2D eigenvalue weighted by Crippen LogP contribution is -2.32. The van der Waals surface area contributed by atoms with Crippen molar-refractivity contribution in [2.45, 2.75) is 19.4 Å². The van der Waals surface area contributed by atoms with E-state index in [9.17, 15) is 9.90 Å². The number of anilines is 1. The minimum atomic E-state index is -1.34. The first kappa shape index (κ1) is 16.6. The first-order valence-electron chi connectivity index (χ1n) is 6.33. The van der Waals surface area contributed by atoms with E-state index in [4.69, 9.17) is 33.7 Å². The first-order valence-corrected chi connectivity index (χ1v) is 7.09. The van der Waals surface area contributed by atoms with E-state index in [0.717, 1.165) is 4.68 Å². The largest absolute Gasteiger partial charge is 0.434 e. The van der Waals surface area contributed by atoms with Gasteiger partial charge in [-0.2, -0.15) is 0 Å². The Morgan fingerprint density at radius 2 is 1.82 bits per heavy atom. The molecule has 0 aliphatic rings. The highest BCUT2D eigenvalue weighted by molar-refractivity contribution is 6.37. The molecule has 118 valence electrons. The van der Waals surface area contributed by atoms with Crippen LogP contribution in [0.15, 0.2) is 23.0 Å². The fourth-order valence-electron chi connectivity index (χ4n) is 1.85. The zero-order chi connectivity index (χ0) is 16.7. The van der Waals surface area contributed by atoms with Gasteiger partial charge in [-0.3, -0.25) is 4.79 Å². The Morgan fingerprint density at radius 1 is 1.27 bits per heavy atom. The van der Waals surface area contributed by atoms with E-state index in [1.807, 2.05) is 0 Å². The highest BCUT2D eigenvalue weighted by Crippen LogP contribution is 2.37. The molecule has 0 radical (unpaired) electrons. The Morgan fingerprint density at radius 3 is 2.32 bits per heavy atom. The molecular formula is C14H15Cl2N3O3. The van der Waals surface area contributed by atoms with Crippen LogP contribution in [0.3, 0.4) is 0 Å². The van der Waals surface area contributed by atoms with Gasteiger partial charge in [-0.15, -0.1) is 5.10 Å². The molecule has 0 fully saturated rings. The summed E-state index contributed by atoms with van der Waals surface area (Å²) in [5.41, 5.74) is 4.40. The fraction of sp³-hybridized carbons (Fsp3) is 0.286. The van der Waals surface area contributed by atoms with Crippen LogP contribution in [0.25, 0.3) is 0 Å². The van der Waals surface area contributed by atoms with Gasteiger partial charge in [-0.25, -0.2) is 4.68 Å². The normalized spacial score (nSPS) is 11.5. The maximum Gasteiger partial charge on any atom is 0.272 e. The molecule has 2 aromatic rings. The van der Waals surface area contributed by atoms with Gasteiger partial charge in [0.25, 0.3) is 5.56 Å². The van der Waals surface area contributed by atoms with Crippen LogP contribution in [-0.2, 0) is 12.6 Å². The first-order chi connectivity index (χ1) is 10.1. The van der Waals surface area contributed by atoms with Gasteiger partial charge in [0.1, 0.15) is 0 Å². The number of benzene rings is 1. The number of nitrogen functional groups attached to an aromatic ring is 1. The van der Waals surface area contributed by atoms with Gasteiger partial charge in [0.05, 0.1) is 21.2 Å². The summed E-state index contributed by atoms with van der Waals surface area (Å²) in [6.45, 7) is 2.99. The molecule has 1 aromatic heterocycles. The number of ether oxygens (including phenoxy) is 1. The summed E-state index contributed by atoms with van der Waals surface area (Å²) in [6.07, 6.45) is 0. The number of hydrogen-bond acceptors (Lipinski definition) is 5. The summed E-state index contributed by atoms with van der Waals surface area (Å²) in [4.78, 5) is 12.0. The highest BCUT2D eigenvalue weighted by Gasteiger charge is 2.23. The zero-order valence-corrected chi connectivity index (χ0v) is 13.7. The Labute approximate surface area is 137 Å². The van der Waals surface area contributed by atoms with E-state index in [-0.39, 0.29) is 27.2 Å². The number of rotatable bonds is 3. The van der Waals surface area contributed by atoms with Crippen LogP contribution in [0.5, 0.6) is 11.6 Å². The molecule has 0 amide bonds. The summed E-state index contributed by atoms with van der Waals surface area (Å²) >= 11 is 12.1. The number of nitrogens with zero attached hydrogens (tertiary/aromatic N) is 2. The van der Waals surface area contributed by atoms with Gasteiger partial charge in [0.15, 0.2) is 5.75 Å². The third-order valence-electron chi connectivity index (χ3n) is 2.93. The van der Waals surface area contributed by atoms with Crippen molar-refractivity contribution in [2.24, 2.45) is 7.05 Å². The number of hydrogen-bond donors (Lipinski definition) is 2. The maximum atomic E-state index is 12.0. The number of nitrogens with two attached hydrogens (primary N) is 1. The average molecular weight is 344 g/mol. The number of aromatic nitrogens is 2. The molecule has 0 saturated heterocycles. The molecule has 6 nitrogen and oxygen atoms in total. The van der Waals surface area contributed by atoms with Gasteiger partial charge >= 0.3 is 0 Å². The molecule has 1 aromatic carbocycles. The van der Waals surface area contributed by atoms with Crippen molar-refractivity contribution in [1.82, 2.24) is 9.78 Å². The van der Waals surface area contributed by atoms with E-state index in [1.165, 1.54) is 39.1 Å². The second-order valence-electron chi connectivity index (χ2n) is 5.30. The van der Waals surface area contributed by atoms with Crippen LogP contribution >= 0.6 is 23.2 Å². The molecule has 22 heavy (non-hydrogen) atoms. The molecule has 1 heterocycles. The van der Waals surface area contributed by atoms with Gasteiger partial charge in [0.2, 0.25) is 5.88 Å².